The average molecular weight is 242 g/mol. The largest absolute Gasteiger partial charge is 0.507 e. The Kier molecular flexibility index (Phi) is 3.63. The number of rotatable bonds is 3. The topological polar surface area (TPSA) is 46.5 Å². The summed E-state index contributed by atoms with van der Waals surface area (Å²) in [7, 11) is 0. The summed E-state index contributed by atoms with van der Waals surface area (Å²) in [5.41, 5.74) is 1.63. The van der Waals surface area contributed by atoms with Gasteiger partial charge in [0, 0.05) is 12.0 Å². The molecule has 0 aliphatic rings. The number of ether oxygens (including phenoxy) is 1. The third-order valence-electron chi connectivity index (χ3n) is 2.59. The van der Waals surface area contributed by atoms with Crippen LogP contribution in [0.5, 0.6) is 11.5 Å². The fraction of sp³-hybridized carbons (Fsp3) is 0.133. The molecule has 0 saturated heterocycles. The van der Waals surface area contributed by atoms with Crippen LogP contribution in [-0.4, -0.2) is 11.1 Å². The summed E-state index contributed by atoms with van der Waals surface area (Å²) >= 11 is 0. The molecular weight excluding hydrogens is 228 g/mol. The van der Waals surface area contributed by atoms with Crippen molar-refractivity contribution in [3.8, 4) is 22.6 Å². The molecule has 3 nitrogen and oxygen atoms in total. The zero-order chi connectivity index (χ0) is 13.0. The van der Waals surface area contributed by atoms with E-state index in [1.165, 1.54) is 0 Å². The number of carbonyl (C=O) groups excluding carboxylic acids is 1. The van der Waals surface area contributed by atoms with Gasteiger partial charge in [-0.05, 0) is 23.8 Å². The van der Waals surface area contributed by atoms with E-state index in [1.807, 2.05) is 24.3 Å². The van der Waals surface area contributed by atoms with Gasteiger partial charge < -0.3 is 9.84 Å². The fourth-order valence-electron chi connectivity index (χ4n) is 1.62. The zero-order valence-electron chi connectivity index (χ0n) is 10.1. The molecule has 0 heterocycles. The van der Waals surface area contributed by atoms with Gasteiger partial charge >= 0.3 is 5.97 Å². The number of para-hydroxylation sites is 1. The molecule has 0 spiro atoms. The van der Waals surface area contributed by atoms with Gasteiger partial charge in [-0.15, -0.1) is 0 Å². The van der Waals surface area contributed by atoms with Crippen molar-refractivity contribution in [1.82, 2.24) is 0 Å². The maximum absolute atomic E-state index is 11.1. The van der Waals surface area contributed by atoms with E-state index in [1.54, 1.807) is 31.2 Å². The number of hydrogen-bond donors (Lipinski definition) is 1. The molecule has 92 valence electrons. The van der Waals surface area contributed by atoms with Crippen molar-refractivity contribution in [3.05, 3.63) is 48.5 Å². The van der Waals surface area contributed by atoms with Crippen molar-refractivity contribution in [2.45, 2.75) is 13.3 Å². The third-order valence-corrected chi connectivity index (χ3v) is 2.59. The number of phenols is 1. The Morgan fingerprint density at radius 3 is 2.39 bits per heavy atom. The summed E-state index contributed by atoms with van der Waals surface area (Å²) in [6.45, 7) is 1.75. The van der Waals surface area contributed by atoms with Crippen LogP contribution in [0.4, 0.5) is 0 Å². The standard InChI is InChI=1S/C15H14O3/c1-2-15(17)18-12-9-7-11(8-10-12)13-5-3-4-6-14(13)16/h3-10,16H,2H2,1H3. The Bertz CT molecular complexity index is 544. The van der Waals surface area contributed by atoms with Crippen molar-refractivity contribution in [1.29, 1.82) is 0 Å². The smallest absolute Gasteiger partial charge is 0.310 e. The molecule has 2 aromatic rings. The molecule has 0 fully saturated rings. The van der Waals surface area contributed by atoms with Gasteiger partial charge in [-0.25, -0.2) is 0 Å². The van der Waals surface area contributed by atoms with E-state index in [0.29, 0.717) is 12.2 Å². The molecule has 0 saturated carbocycles. The normalized spacial score (nSPS) is 10.1. The number of phenolic OH excluding ortho intramolecular Hbond substituents is 1. The number of benzene rings is 2. The first kappa shape index (κ1) is 12.2. The summed E-state index contributed by atoms with van der Waals surface area (Å²) in [5, 5.41) is 9.73. The second-order valence-electron chi connectivity index (χ2n) is 3.87. The Hall–Kier alpha value is -2.29. The second-order valence-corrected chi connectivity index (χ2v) is 3.87. The zero-order valence-corrected chi connectivity index (χ0v) is 10.1. The van der Waals surface area contributed by atoms with Gasteiger partial charge in [0.1, 0.15) is 11.5 Å². The highest BCUT2D eigenvalue weighted by atomic mass is 16.5. The van der Waals surface area contributed by atoms with Gasteiger partial charge in [-0.1, -0.05) is 37.3 Å². The molecule has 0 amide bonds. The van der Waals surface area contributed by atoms with Crippen LogP contribution in [0.1, 0.15) is 13.3 Å². The second kappa shape index (κ2) is 5.36. The van der Waals surface area contributed by atoms with E-state index < -0.39 is 0 Å². The molecule has 0 atom stereocenters. The van der Waals surface area contributed by atoms with Gasteiger partial charge in [-0.3, -0.25) is 4.79 Å². The van der Waals surface area contributed by atoms with Crippen LogP contribution >= 0.6 is 0 Å². The van der Waals surface area contributed by atoms with Gasteiger partial charge in [0.25, 0.3) is 0 Å². The molecule has 1 N–H and O–H groups in total. The van der Waals surface area contributed by atoms with E-state index >= 15 is 0 Å². The molecule has 0 unspecified atom stereocenters. The molecule has 0 aliphatic heterocycles. The van der Waals surface area contributed by atoms with Crippen molar-refractivity contribution in [2.75, 3.05) is 0 Å². The minimum absolute atomic E-state index is 0.232. The van der Waals surface area contributed by atoms with Crippen molar-refractivity contribution < 1.29 is 14.6 Å². The SMILES string of the molecule is CCC(=O)Oc1ccc(-c2ccccc2O)cc1. The Morgan fingerprint density at radius 1 is 1.11 bits per heavy atom. The minimum atomic E-state index is -0.259. The minimum Gasteiger partial charge on any atom is -0.507 e. The maximum Gasteiger partial charge on any atom is 0.310 e. The summed E-state index contributed by atoms with van der Waals surface area (Å²) in [6.07, 6.45) is 0.348. The van der Waals surface area contributed by atoms with Crippen LogP contribution in [-0.2, 0) is 4.79 Å². The van der Waals surface area contributed by atoms with Crippen LogP contribution in [0.3, 0.4) is 0 Å². The molecule has 0 aromatic heterocycles. The lowest BCUT2D eigenvalue weighted by molar-refractivity contribution is -0.134. The molecule has 0 aliphatic carbocycles. The van der Waals surface area contributed by atoms with Crippen LogP contribution < -0.4 is 4.74 Å². The monoisotopic (exact) mass is 242 g/mol. The van der Waals surface area contributed by atoms with E-state index in [-0.39, 0.29) is 11.7 Å². The number of aromatic hydroxyl groups is 1. The van der Waals surface area contributed by atoms with Crippen LogP contribution in [0.25, 0.3) is 11.1 Å². The molecule has 0 bridgehead atoms. The van der Waals surface area contributed by atoms with Crippen molar-refractivity contribution >= 4 is 5.97 Å². The maximum atomic E-state index is 11.1. The van der Waals surface area contributed by atoms with E-state index in [2.05, 4.69) is 0 Å². The first-order chi connectivity index (χ1) is 8.70. The van der Waals surface area contributed by atoms with Gasteiger partial charge in [0.15, 0.2) is 0 Å². The highest BCUT2D eigenvalue weighted by Gasteiger charge is 2.05. The predicted octanol–water partition coefficient (Wildman–Crippen LogP) is 3.37. The van der Waals surface area contributed by atoms with Crippen LogP contribution in [0.15, 0.2) is 48.5 Å². The fourth-order valence-corrected chi connectivity index (χ4v) is 1.62. The number of hydrogen-bond acceptors (Lipinski definition) is 3. The lowest BCUT2D eigenvalue weighted by atomic mass is 10.0. The third kappa shape index (κ3) is 2.69. The molecule has 2 aromatic carbocycles. The first-order valence-corrected chi connectivity index (χ1v) is 5.80. The van der Waals surface area contributed by atoms with Crippen LogP contribution in [0, 0.1) is 0 Å². The predicted molar refractivity (Wildman–Crippen MR) is 69.5 cm³/mol. The summed E-state index contributed by atoms with van der Waals surface area (Å²) in [5.74, 6) is 0.488. The average Bonchev–Trinajstić information content (AvgIpc) is 2.40. The summed E-state index contributed by atoms with van der Waals surface area (Å²) < 4.78 is 5.08. The Morgan fingerprint density at radius 2 is 1.78 bits per heavy atom. The number of carbonyl (C=O) groups is 1. The van der Waals surface area contributed by atoms with E-state index in [9.17, 15) is 9.90 Å². The van der Waals surface area contributed by atoms with Crippen molar-refractivity contribution in [3.63, 3.8) is 0 Å². The molecule has 3 heteroatoms. The molecule has 18 heavy (non-hydrogen) atoms. The van der Waals surface area contributed by atoms with Gasteiger partial charge in [0.2, 0.25) is 0 Å². The number of esters is 1. The highest BCUT2D eigenvalue weighted by molar-refractivity contribution is 5.73. The van der Waals surface area contributed by atoms with E-state index in [0.717, 1.165) is 11.1 Å². The van der Waals surface area contributed by atoms with Gasteiger partial charge in [0.05, 0.1) is 0 Å². The molecule has 0 radical (unpaired) electrons. The quantitative estimate of drug-likeness (QED) is 0.663. The molecular formula is C15H14O3. The van der Waals surface area contributed by atoms with Crippen molar-refractivity contribution in [2.24, 2.45) is 0 Å². The van der Waals surface area contributed by atoms with Crippen LogP contribution in [0.2, 0.25) is 0 Å². The lowest BCUT2D eigenvalue weighted by Crippen LogP contribution is -2.05. The molecule has 2 rings (SSSR count). The first-order valence-electron chi connectivity index (χ1n) is 5.80. The summed E-state index contributed by atoms with van der Waals surface area (Å²) in [4.78, 5) is 11.1. The summed E-state index contributed by atoms with van der Waals surface area (Å²) in [6, 6.07) is 14.2. The Balaban J connectivity index is 2.23. The highest BCUT2D eigenvalue weighted by Crippen LogP contribution is 2.29. The van der Waals surface area contributed by atoms with Gasteiger partial charge in [-0.2, -0.15) is 0 Å². The van der Waals surface area contributed by atoms with E-state index in [4.69, 9.17) is 4.74 Å². The lowest BCUT2D eigenvalue weighted by Gasteiger charge is -2.06. The Labute approximate surface area is 106 Å².